The van der Waals surface area contributed by atoms with Crippen molar-refractivity contribution in [1.29, 1.82) is 0 Å². The fraction of sp³-hybridized carbons (Fsp3) is 0.615. The van der Waals surface area contributed by atoms with Gasteiger partial charge in [-0.1, -0.05) is 0 Å². The van der Waals surface area contributed by atoms with Crippen LogP contribution in [0.3, 0.4) is 0 Å². The molecule has 110 valence electrons. The highest BCUT2D eigenvalue weighted by molar-refractivity contribution is 5.79. The van der Waals surface area contributed by atoms with Crippen molar-refractivity contribution in [2.75, 3.05) is 24.5 Å². The SMILES string of the molecule is Cc1nccnc1N1CCCC(C(=O)NCC(F)F)C1. The average molecular weight is 284 g/mol. The van der Waals surface area contributed by atoms with E-state index in [0.717, 1.165) is 24.5 Å². The molecule has 5 nitrogen and oxygen atoms in total. The first-order valence-electron chi connectivity index (χ1n) is 6.66. The van der Waals surface area contributed by atoms with E-state index in [9.17, 15) is 13.6 Å². The summed E-state index contributed by atoms with van der Waals surface area (Å²) in [5, 5.41) is 2.29. The summed E-state index contributed by atoms with van der Waals surface area (Å²) in [5.41, 5.74) is 0.807. The Labute approximate surface area is 116 Å². The van der Waals surface area contributed by atoms with Crippen LogP contribution < -0.4 is 10.2 Å². The van der Waals surface area contributed by atoms with Crippen LogP contribution in [0.15, 0.2) is 12.4 Å². The van der Waals surface area contributed by atoms with Crippen LogP contribution in [0.2, 0.25) is 0 Å². The Balaban J connectivity index is 1.98. The lowest BCUT2D eigenvalue weighted by atomic mass is 9.97. The zero-order valence-corrected chi connectivity index (χ0v) is 11.4. The van der Waals surface area contributed by atoms with Gasteiger partial charge in [-0.3, -0.25) is 9.78 Å². The smallest absolute Gasteiger partial charge is 0.255 e. The number of rotatable bonds is 4. The van der Waals surface area contributed by atoms with Gasteiger partial charge >= 0.3 is 0 Å². The lowest BCUT2D eigenvalue weighted by Crippen LogP contribution is -2.44. The Kier molecular flexibility index (Phi) is 4.81. The molecule has 1 unspecified atom stereocenters. The fourth-order valence-corrected chi connectivity index (χ4v) is 2.42. The molecule has 1 aromatic heterocycles. The number of carbonyl (C=O) groups excluding carboxylic acids is 1. The van der Waals surface area contributed by atoms with Crippen LogP contribution in [0.5, 0.6) is 0 Å². The van der Waals surface area contributed by atoms with Crippen molar-refractivity contribution >= 4 is 11.7 Å². The van der Waals surface area contributed by atoms with Crippen LogP contribution in [0, 0.1) is 12.8 Å². The number of aryl methyl sites for hydroxylation is 1. The standard InChI is InChI=1S/C13H18F2N4O/c1-9-12(17-5-4-16-9)19-6-2-3-10(8-19)13(20)18-7-11(14)15/h4-5,10-11H,2-3,6-8H2,1H3,(H,18,20). The molecule has 1 N–H and O–H groups in total. The molecule has 0 aliphatic carbocycles. The lowest BCUT2D eigenvalue weighted by Gasteiger charge is -2.33. The van der Waals surface area contributed by atoms with Gasteiger partial charge in [0.2, 0.25) is 5.91 Å². The number of hydrogen-bond donors (Lipinski definition) is 1. The molecular weight excluding hydrogens is 266 g/mol. The summed E-state index contributed by atoms with van der Waals surface area (Å²) in [5.74, 6) is 0.180. The predicted molar refractivity (Wildman–Crippen MR) is 70.7 cm³/mol. The molecule has 0 bridgehead atoms. The summed E-state index contributed by atoms with van der Waals surface area (Å²) in [7, 11) is 0. The van der Waals surface area contributed by atoms with Gasteiger partial charge in [-0.2, -0.15) is 0 Å². The second-order valence-corrected chi connectivity index (χ2v) is 4.89. The minimum atomic E-state index is -2.51. The molecule has 0 radical (unpaired) electrons. The van der Waals surface area contributed by atoms with E-state index in [4.69, 9.17) is 0 Å². The van der Waals surface area contributed by atoms with E-state index in [2.05, 4.69) is 15.3 Å². The average Bonchev–Trinajstić information content (AvgIpc) is 2.45. The molecule has 0 saturated carbocycles. The second-order valence-electron chi connectivity index (χ2n) is 4.89. The summed E-state index contributed by atoms with van der Waals surface area (Å²) in [6, 6.07) is 0. The van der Waals surface area contributed by atoms with Crippen LogP contribution in [-0.2, 0) is 4.79 Å². The molecule has 1 aromatic rings. The molecule has 0 aromatic carbocycles. The zero-order chi connectivity index (χ0) is 14.5. The maximum absolute atomic E-state index is 12.1. The van der Waals surface area contributed by atoms with Crippen LogP contribution in [0.25, 0.3) is 0 Å². The number of anilines is 1. The first kappa shape index (κ1) is 14.6. The predicted octanol–water partition coefficient (Wildman–Crippen LogP) is 1.38. The van der Waals surface area contributed by atoms with Gasteiger partial charge in [0.25, 0.3) is 6.43 Å². The van der Waals surface area contributed by atoms with Gasteiger partial charge in [-0.25, -0.2) is 13.8 Å². The normalized spacial score (nSPS) is 19.2. The van der Waals surface area contributed by atoms with Crippen molar-refractivity contribution in [1.82, 2.24) is 15.3 Å². The van der Waals surface area contributed by atoms with E-state index < -0.39 is 13.0 Å². The highest BCUT2D eigenvalue weighted by Crippen LogP contribution is 2.23. The van der Waals surface area contributed by atoms with E-state index in [-0.39, 0.29) is 11.8 Å². The largest absolute Gasteiger partial charge is 0.354 e. The topological polar surface area (TPSA) is 58.1 Å². The molecule has 1 amide bonds. The Morgan fingerprint density at radius 1 is 1.50 bits per heavy atom. The molecule has 2 rings (SSSR count). The van der Waals surface area contributed by atoms with Gasteiger partial charge in [0, 0.05) is 25.5 Å². The van der Waals surface area contributed by atoms with Crippen LogP contribution in [0.4, 0.5) is 14.6 Å². The minimum absolute atomic E-state index is 0.274. The number of hydrogen-bond acceptors (Lipinski definition) is 4. The number of aromatic nitrogens is 2. The Bertz CT molecular complexity index is 469. The molecule has 1 aliphatic rings. The van der Waals surface area contributed by atoms with Crippen molar-refractivity contribution in [3.63, 3.8) is 0 Å². The molecule has 1 fully saturated rings. The Morgan fingerprint density at radius 2 is 2.25 bits per heavy atom. The van der Waals surface area contributed by atoms with Crippen LogP contribution >= 0.6 is 0 Å². The Morgan fingerprint density at radius 3 is 2.95 bits per heavy atom. The van der Waals surface area contributed by atoms with Gasteiger partial charge in [0.15, 0.2) is 0 Å². The first-order chi connectivity index (χ1) is 9.58. The van der Waals surface area contributed by atoms with Gasteiger partial charge in [-0.15, -0.1) is 0 Å². The number of nitrogens with one attached hydrogen (secondary N) is 1. The summed E-state index contributed by atoms with van der Waals surface area (Å²) < 4.78 is 24.2. The number of amides is 1. The molecule has 1 atom stereocenters. The van der Waals surface area contributed by atoms with E-state index in [1.165, 1.54) is 0 Å². The van der Waals surface area contributed by atoms with Gasteiger partial charge in [0.1, 0.15) is 5.82 Å². The number of carbonyl (C=O) groups is 1. The van der Waals surface area contributed by atoms with Crippen molar-refractivity contribution in [3.8, 4) is 0 Å². The number of halogens is 2. The van der Waals surface area contributed by atoms with E-state index in [1.54, 1.807) is 12.4 Å². The van der Waals surface area contributed by atoms with E-state index >= 15 is 0 Å². The minimum Gasteiger partial charge on any atom is -0.354 e. The summed E-state index contributed by atoms with van der Waals surface area (Å²) >= 11 is 0. The highest BCUT2D eigenvalue weighted by Gasteiger charge is 2.27. The molecule has 1 aliphatic heterocycles. The van der Waals surface area contributed by atoms with Crippen molar-refractivity contribution < 1.29 is 13.6 Å². The van der Waals surface area contributed by atoms with Crippen LogP contribution in [0.1, 0.15) is 18.5 Å². The summed E-state index contributed by atoms with van der Waals surface area (Å²) in [6.07, 6.45) is 2.27. The molecule has 2 heterocycles. The van der Waals surface area contributed by atoms with Crippen molar-refractivity contribution in [2.24, 2.45) is 5.92 Å². The third-order valence-corrected chi connectivity index (χ3v) is 3.38. The third-order valence-electron chi connectivity index (χ3n) is 3.38. The molecule has 1 saturated heterocycles. The second kappa shape index (κ2) is 6.58. The number of alkyl halides is 2. The van der Waals surface area contributed by atoms with Crippen molar-refractivity contribution in [2.45, 2.75) is 26.2 Å². The number of piperidine rings is 1. The summed E-state index contributed by atoms with van der Waals surface area (Å²) in [4.78, 5) is 22.3. The summed E-state index contributed by atoms with van der Waals surface area (Å²) in [6.45, 7) is 2.58. The van der Waals surface area contributed by atoms with Gasteiger partial charge < -0.3 is 10.2 Å². The highest BCUT2D eigenvalue weighted by atomic mass is 19.3. The number of nitrogens with zero attached hydrogens (tertiary/aromatic N) is 3. The third kappa shape index (κ3) is 3.61. The van der Waals surface area contributed by atoms with E-state index in [1.807, 2.05) is 11.8 Å². The molecule has 20 heavy (non-hydrogen) atoms. The van der Waals surface area contributed by atoms with Crippen LogP contribution in [-0.4, -0.2) is 41.9 Å². The maximum Gasteiger partial charge on any atom is 0.255 e. The molecule has 0 spiro atoms. The quantitative estimate of drug-likeness (QED) is 0.907. The van der Waals surface area contributed by atoms with Gasteiger partial charge in [-0.05, 0) is 19.8 Å². The fourth-order valence-electron chi connectivity index (χ4n) is 2.42. The van der Waals surface area contributed by atoms with Gasteiger partial charge in [0.05, 0.1) is 18.2 Å². The lowest BCUT2D eigenvalue weighted by molar-refractivity contribution is -0.125. The first-order valence-corrected chi connectivity index (χ1v) is 6.66. The monoisotopic (exact) mass is 284 g/mol. The maximum atomic E-state index is 12.1. The Hall–Kier alpha value is -1.79. The molecular formula is C13H18F2N4O. The van der Waals surface area contributed by atoms with E-state index in [0.29, 0.717) is 13.0 Å². The zero-order valence-electron chi connectivity index (χ0n) is 11.4. The molecule has 7 heteroatoms. The van der Waals surface area contributed by atoms with Crippen molar-refractivity contribution in [3.05, 3.63) is 18.1 Å².